The lowest BCUT2D eigenvalue weighted by Gasteiger charge is -2.18. The quantitative estimate of drug-likeness (QED) is 0.0345. The van der Waals surface area contributed by atoms with Crippen molar-refractivity contribution in [3.63, 3.8) is 0 Å². The van der Waals surface area contributed by atoms with Crippen LogP contribution in [0.15, 0.2) is 0 Å². The molecule has 0 amide bonds. The fourth-order valence-corrected chi connectivity index (χ4v) is 8.22. The Balaban J connectivity index is 4.21. The van der Waals surface area contributed by atoms with Crippen molar-refractivity contribution in [2.24, 2.45) is 5.92 Å². The normalized spacial score (nSPS) is 11.9. The van der Waals surface area contributed by atoms with Gasteiger partial charge in [-0.3, -0.25) is 14.4 Å². The lowest BCUT2D eigenvalue weighted by Crippen LogP contribution is -2.30. The molecule has 0 aliphatic carbocycles. The number of esters is 3. The molecule has 0 aromatic heterocycles. The van der Waals surface area contributed by atoms with Gasteiger partial charge in [-0.1, -0.05) is 265 Å². The maximum atomic E-state index is 12.8. The maximum absolute atomic E-state index is 12.8. The Morgan fingerprint density at radius 3 is 0.817 bits per heavy atom. The van der Waals surface area contributed by atoms with Crippen molar-refractivity contribution < 1.29 is 28.6 Å². The predicted octanol–water partition coefficient (Wildman–Crippen LogP) is 17.5. The highest BCUT2D eigenvalue weighted by atomic mass is 16.6. The maximum Gasteiger partial charge on any atom is 0.306 e. The zero-order valence-corrected chi connectivity index (χ0v) is 40.9. The number of ether oxygens (including phenoxy) is 3. The van der Waals surface area contributed by atoms with Crippen LogP contribution in [0.1, 0.15) is 304 Å². The summed E-state index contributed by atoms with van der Waals surface area (Å²) >= 11 is 0. The number of carbonyl (C=O) groups excluding carboxylic acids is 3. The van der Waals surface area contributed by atoms with E-state index in [1.165, 1.54) is 199 Å². The Bertz CT molecular complexity index is 903. The Kier molecular flexibility index (Phi) is 47.2. The molecule has 0 rings (SSSR count). The molecule has 0 unspecified atom stereocenters. The summed E-state index contributed by atoms with van der Waals surface area (Å²) in [7, 11) is 0. The van der Waals surface area contributed by atoms with Crippen LogP contribution >= 0.6 is 0 Å². The van der Waals surface area contributed by atoms with Gasteiger partial charge in [-0.15, -0.1) is 0 Å². The molecule has 0 radical (unpaired) electrons. The number of hydrogen-bond acceptors (Lipinski definition) is 6. The third-order valence-corrected chi connectivity index (χ3v) is 12.3. The zero-order chi connectivity index (χ0) is 43.8. The molecule has 1 atom stereocenters. The van der Waals surface area contributed by atoms with Gasteiger partial charge >= 0.3 is 17.9 Å². The Morgan fingerprint density at radius 1 is 0.317 bits per heavy atom. The average Bonchev–Trinajstić information content (AvgIpc) is 3.23. The highest BCUT2D eigenvalue weighted by Gasteiger charge is 2.19. The van der Waals surface area contributed by atoms with E-state index in [2.05, 4.69) is 27.7 Å². The van der Waals surface area contributed by atoms with Gasteiger partial charge in [-0.2, -0.15) is 0 Å². The molecule has 6 heteroatoms. The first kappa shape index (κ1) is 58.4. The molecule has 0 saturated heterocycles. The number of hydrogen-bond donors (Lipinski definition) is 0. The van der Waals surface area contributed by atoms with Crippen molar-refractivity contribution in [3.05, 3.63) is 0 Å². The molecular formula is C54H104O6. The number of rotatable bonds is 49. The topological polar surface area (TPSA) is 78.9 Å². The highest BCUT2D eigenvalue weighted by molar-refractivity contribution is 5.71. The first-order valence-corrected chi connectivity index (χ1v) is 26.9. The van der Waals surface area contributed by atoms with Gasteiger partial charge in [-0.25, -0.2) is 0 Å². The van der Waals surface area contributed by atoms with Crippen molar-refractivity contribution >= 4 is 17.9 Å². The summed E-state index contributed by atoms with van der Waals surface area (Å²) in [5.74, 6) is 0.00912. The van der Waals surface area contributed by atoms with Gasteiger partial charge in [0.25, 0.3) is 0 Å². The van der Waals surface area contributed by atoms with E-state index < -0.39 is 6.10 Å². The van der Waals surface area contributed by atoms with Crippen molar-refractivity contribution in [3.8, 4) is 0 Å². The summed E-state index contributed by atoms with van der Waals surface area (Å²) in [4.78, 5) is 37.9. The molecule has 0 aromatic carbocycles. The lowest BCUT2D eigenvalue weighted by molar-refractivity contribution is -0.167. The largest absolute Gasteiger partial charge is 0.462 e. The second-order valence-electron chi connectivity index (χ2n) is 19.0. The monoisotopic (exact) mass is 849 g/mol. The molecule has 60 heavy (non-hydrogen) atoms. The minimum absolute atomic E-state index is 0.0624. The van der Waals surface area contributed by atoms with E-state index in [9.17, 15) is 14.4 Å². The van der Waals surface area contributed by atoms with Crippen LogP contribution in [0, 0.1) is 5.92 Å². The molecule has 6 nitrogen and oxygen atoms in total. The van der Waals surface area contributed by atoms with Crippen molar-refractivity contribution in [2.75, 3.05) is 13.2 Å². The van der Waals surface area contributed by atoms with Gasteiger partial charge in [-0.05, 0) is 25.2 Å². The summed E-state index contributed by atoms with van der Waals surface area (Å²) in [6, 6.07) is 0. The first-order chi connectivity index (χ1) is 29.4. The molecule has 0 saturated carbocycles. The number of unbranched alkanes of at least 4 members (excludes halogenated alkanes) is 36. The van der Waals surface area contributed by atoms with Crippen LogP contribution in [0.4, 0.5) is 0 Å². The highest BCUT2D eigenvalue weighted by Crippen LogP contribution is 2.17. The molecule has 0 heterocycles. The van der Waals surface area contributed by atoms with Crippen LogP contribution < -0.4 is 0 Å². The van der Waals surface area contributed by atoms with Crippen molar-refractivity contribution in [1.82, 2.24) is 0 Å². The molecule has 0 aliphatic heterocycles. The van der Waals surface area contributed by atoms with Crippen molar-refractivity contribution in [2.45, 2.75) is 310 Å². The molecular weight excluding hydrogens is 745 g/mol. The molecule has 0 N–H and O–H groups in total. The Hall–Kier alpha value is -1.59. The zero-order valence-electron chi connectivity index (χ0n) is 40.9. The fraction of sp³-hybridized carbons (Fsp3) is 0.944. The summed E-state index contributed by atoms with van der Waals surface area (Å²) in [5.41, 5.74) is 0. The Labute approximate surface area is 374 Å². The summed E-state index contributed by atoms with van der Waals surface area (Å²) in [5, 5.41) is 0. The van der Waals surface area contributed by atoms with E-state index >= 15 is 0 Å². The predicted molar refractivity (Wildman–Crippen MR) is 257 cm³/mol. The van der Waals surface area contributed by atoms with E-state index in [1.54, 1.807) is 0 Å². The summed E-state index contributed by atoms with van der Waals surface area (Å²) < 4.78 is 16.8. The van der Waals surface area contributed by atoms with Gasteiger partial charge in [0, 0.05) is 19.3 Å². The number of carbonyl (C=O) groups is 3. The molecule has 0 spiro atoms. The molecule has 0 aromatic rings. The van der Waals surface area contributed by atoms with Crippen LogP contribution in [0.2, 0.25) is 0 Å². The van der Waals surface area contributed by atoms with Crippen LogP contribution in [0.3, 0.4) is 0 Å². The first-order valence-electron chi connectivity index (χ1n) is 26.9. The van der Waals surface area contributed by atoms with Gasteiger partial charge in [0.05, 0.1) is 0 Å². The molecule has 0 aliphatic rings. The van der Waals surface area contributed by atoms with E-state index in [-0.39, 0.29) is 31.1 Å². The van der Waals surface area contributed by atoms with Crippen LogP contribution in [0.25, 0.3) is 0 Å². The van der Waals surface area contributed by atoms with E-state index in [0.717, 1.165) is 63.7 Å². The molecule has 356 valence electrons. The third-order valence-electron chi connectivity index (χ3n) is 12.3. The Morgan fingerprint density at radius 2 is 0.550 bits per heavy atom. The van der Waals surface area contributed by atoms with Crippen LogP contribution in [0.5, 0.6) is 0 Å². The smallest absolute Gasteiger partial charge is 0.306 e. The average molecular weight is 849 g/mol. The van der Waals surface area contributed by atoms with Crippen LogP contribution in [-0.2, 0) is 28.6 Å². The van der Waals surface area contributed by atoms with Gasteiger partial charge in [0.1, 0.15) is 13.2 Å². The second kappa shape index (κ2) is 48.4. The summed E-state index contributed by atoms with van der Waals surface area (Å²) in [6.45, 7) is 9.03. The second-order valence-corrected chi connectivity index (χ2v) is 19.0. The SMILES string of the molecule is CCCCCCCCCCCCCCCCC(=O)O[C@H](COC(=O)CCCCCCCCCCC)COC(=O)CCCCCCCCCCCCCCCCCCC(C)C. The van der Waals surface area contributed by atoms with Gasteiger partial charge in [0.15, 0.2) is 6.10 Å². The standard InChI is InChI=1S/C54H104O6/c1-5-7-9-11-13-15-16-17-23-27-31-35-39-43-47-54(57)60-51(48-58-52(55)45-41-37-33-28-14-12-10-8-6-2)49-59-53(56)46-42-38-34-30-26-24-21-19-18-20-22-25-29-32-36-40-44-50(3)4/h50-51H,5-49H2,1-4H3/t51-/m1/s1. The van der Waals surface area contributed by atoms with Crippen molar-refractivity contribution in [1.29, 1.82) is 0 Å². The van der Waals surface area contributed by atoms with E-state index in [0.29, 0.717) is 19.3 Å². The van der Waals surface area contributed by atoms with Gasteiger partial charge in [0.2, 0.25) is 0 Å². The van der Waals surface area contributed by atoms with Gasteiger partial charge < -0.3 is 14.2 Å². The molecule has 0 bridgehead atoms. The van der Waals surface area contributed by atoms with E-state index in [1.807, 2.05) is 0 Å². The van der Waals surface area contributed by atoms with Crippen LogP contribution in [-0.4, -0.2) is 37.2 Å². The lowest BCUT2D eigenvalue weighted by atomic mass is 10.0. The third kappa shape index (κ3) is 47.5. The minimum Gasteiger partial charge on any atom is -0.462 e. The van der Waals surface area contributed by atoms with E-state index in [4.69, 9.17) is 14.2 Å². The summed E-state index contributed by atoms with van der Waals surface area (Å²) in [6.07, 6.45) is 50.9. The fourth-order valence-electron chi connectivity index (χ4n) is 8.22. The minimum atomic E-state index is -0.760. The molecule has 0 fully saturated rings.